The number of pyridine rings is 1. The summed E-state index contributed by atoms with van der Waals surface area (Å²) in [6.07, 6.45) is 1.65. The van der Waals surface area contributed by atoms with Crippen LogP contribution in [0.15, 0.2) is 6.20 Å². The Morgan fingerprint density at radius 3 is 2.94 bits per heavy atom. The minimum absolute atomic E-state index is 0.143. The zero-order valence-electron chi connectivity index (χ0n) is 9.85. The number of rotatable bonds is 1. The van der Waals surface area contributed by atoms with Crippen LogP contribution < -0.4 is 0 Å². The molecule has 0 bridgehead atoms. The molecule has 0 aliphatic carbocycles. The van der Waals surface area contributed by atoms with Crippen molar-refractivity contribution in [3.05, 3.63) is 23.0 Å². The Bertz CT molecular complexity index is 430. The van der Waals surface area contributed by atoms with Gasteiger partial charge in [0.1, 0.15) is 12.0 Å². The van der Waals surface area contributed by atoms with Crippen molar-refractivity contribution in [3.8, 4) is 5.75 Å². The Labute approximate surface area is 100.0 Å². The van der Waals surface area contributed by atoms with E-state index < -0.39 is 0 Å². The Morgan fingerprint density at radius 1 is 1.41 bits per heavy atom. The van der Waals surface area contributed by atoms with E-state index in [9.17, 15) is 5.11 Å². The van der Waals surface area contributed by atoms with E-state index in [0.29, 0.717) is 12.3 Å². The number of hydrogen-bond acceptors (Lipinski definition) is 5. The molecule has 0 aromatic carbocycles. The number of ether oxygens (including phenoxy) is 2. The average Bonchev–Trinajstić information content (AvgIpc) is 2.79. The maximum absolute atomic E-state index is 10.1. The maximum Gasteiger partial charge on any atom is 0.144 e. The van der Waals surface area contributed by atoms with Crippen LogP contribution in [0.4, 0.5) is 0 Å². The van der Waals surface area contributed by atoms with Gasteiger partial charge in [-0.2, -0.15) is 0 Å². The van der Waals surface area contributed by atoms with Crippen molar-refractivity contribution < 1.29 is 14.6 Å². The fourth-order valence-electron chi connectivity index (χ4n) is 2.39. The van der Waals surface area contributed by atoms with E-state index in [1.165, 1.54) is 0 Å². The molecular formula is C12H16N2O3. The topological polar surface area (TPSA) is 54.8 Å². The number of hydrogen-bond donors (Lipinski definition) is 1. The largest absolute Gasteiger partial charge is 0.506 e. The molecule has 5 nitrogen and oxygen atoms in total. The highest BCUT2D eigenvalue weighted by molar-refractivity contribution is 5.43. The van der Waals surface area contributed by atoms with Crippen molar-refractivity contribution in [2.24, 2.45) is 0 Å². The molecule has 0 spiro atoms. The molecule has 0 radical (unpaired) electrons. The van der Waals surface area contributed by atoms with Crippen LogP contribution >= 0.6 is 0 Å². The number of fused-ring (bicyclic) bond motifs is 1. The lowest BCUT2D eigenvalue weighted by atomic mass is 10.1. The van der Waals surface area contributed by atoms with E-state index in [4.69, 9.17) is 9.47 Å². The third kappa shape index (κ3) is 1.80. The summed E-state index contributed by atoms with van der Waals surface area (Å²) in [5.74, 6) is 0.275. The summed E-state index contributed by atoms with van der Waals surface area (Å²) in [4.78, 5) is 6.36. The van der Waals surface area contributed by atoms with Crippen molar-refractivity contribution in [2.45, 2.75) is 19.8 Å². The quantitative estimate of drug-likeness (QED) is 0.787. The predicted octanol–water partition coefficient (Wildman–Crippen LogP) is 0.957. The summed E-state index contributed by atoms with van der Waals surface area (Å²) in [6.45, 7) is 5.46. The molecule has 1 unspecified atom stereocenters. The maximum atomic E-state index is 10.1. The monoisotopic (exact) mass is 236 g/mol. The molecule has 1 N–H and O–H groups in total. The molecule has 1 aromatic heterocycles. The normalized spacial score (nSPS) is 24.9. The smallest absolute Gasteiger partial charge is 0.144 e. The van der Waals surface area contributed by atoms with Crippen molar-refractivity contribution in [2.75, 3.05) is 26.3 Å². The van der Waals surface area contributed by atoms with Crippen LogP contribution in [0.2, 0.25) is 0 Å². The summed E-state index contributed by atoms with van der Waals surface area (Å²) in [6, 6.07) is 0. The standard InChI is InChI=1S/C12H16N2O3/c1-8-11(15)10-9(6-13-8)7-17-12(10)14-2-4-16-5-3-14/h6,12,15H,2-5,7H2,1H3. The highest BCUT2D eigenvalue weighted by atomic mass is 16.5. The Morgan fingerprint density at radius 2 is 2.18 bits per heavy atom. The van der Waals surface area contributed by atoms with Crippen LogP contribution in [0.1, 0.15) is 23.0 Å². The zero-order chi connectivity index (χ0) is 11.8. The van der Waals surface area contributed by atoms with Crippen molar-refractivity contribution in [3.63, 3.8) is 0 Å². The number of nitrogens with zero attached hydrogens (tertiary/aromatic N) is 2. The Hall–Kier alpha value is -1.17. The lowest BCUT2D eigenvalue weighted by molar-refractivity contribution is -0.0919. The Balaban J connectivity index is 1.94. The molecule has 17 heavy (non-hydrogen) atoms. The van der Waals surface area contributed by atoms with Gasteiger partial charge in [-0.1, -0.05) is 0 Å². The molecule has 0 amide bonds. The first-order valence-corrected chi connectivity index (χ1v) is 5.88. The van der Waals surface area contributed by atoms with Crippen molar-refractivity contribution in [1.29, 1.82) is 0 Å². The van der Waals surface area contributed by atoms with Gasteiger partial charge in [0.15, 0.2) is 0 Å². The SMILES string of the molecule is Cc1ncc2c(c1O)C(N1CCOCC1)OC2. The molecule has 1 atom stereocenters. The summed E-state index contributed by atoms with van der Waals surface area (Å²) < 4.78 is 11.1. The minimum Gasteiger partial charge on any atom is -0.506 e. The molecule has 3 heterocycles. The van der Waals surface area contributed by atoms with Crippen LogP contribution in [-0.4, -0.2) is 41.3 Å². The second-order valence-electron chi connectivity index (χ2n) is 4.44. The summed E-state index contributed by atoms with van der Waals surface area (Å²) >= 11 is 0. The summed E-state index contributed by atoms with van der Waals surface area (Å²) in [5, 5.41) is 10.1. The van der Waals surface area contributed by atoms with Crippen LogP contribution in [-0.2, 0) is 16.1 Å². The highest BCUT2D eigenvalue weighted by Gasteiger charge is 2.33. The van der Waals surface area contributed by atoms with Gasteiger partial charge in [0.2, 0.25) is 0 Å². The summed E-state index contributed by atoms with van der Waals surface area (Å²) in [5.41, 5.74) is 2.54. The van der Waals surface area contributed by atoms with E-state index >= 15 is 0 Å². The first-order valence-electron chi connectivity index (χ1n) is 5.88. The van der Waals surface area contributed by atoms with E-state index in [-0.39, 0.29) is 12.0 Å². The number of aromatic nitrogens is 1. The van der Waals surface area contributed by atoms with E-state index in [0.717, 1.165) is 37.4 Å². The van der Waals surface area contributed by atoms with Gasteiger partial charge in [-0.05, 0) is 6.92 Å². The van der Waals surface area contributed by atoms with Crippen molar-refractivity contribution in [1.82, 2.24) is 9.88 Å². The second-order valence-corrected chi connectivity index (χ2v) is 4.44. The first kappa shape index (κ1) is 11.0. The first-order chi connectivity index (χ1) is 8.27. The third-order valence-electron chi connectivity index (χ3n) is 3.38. The van der Waals surface area contributed by atoms with Gasteiger partial charge >= 0.3 is 0 Å². The lowest BCUT2D eigenvalue weighted by Crippen LogP contribution is -2.39. The van der Waals surface area contributed by atoms with Crippen molar-refractivity contribution >= 4 is 0 Å². The average molecular weight is 236 g/mol. The molecule has 1 saturated heterocycles. The van der Waals surface area contributed by atoms with Gasteiger partial charge < -0.3 is 14.6 Å². The van der Waals surface area contributed by atoms with Crippen LogP contribution in [0, 0.1) is 6.92 Å². The van der Waals surface area contributed by atoms with E-state index in [2.05, 4.69) is 9.88 Å². The number of aryl methyl sites for hydroxylation is 1. The fourth-order valence-corrected chi connectivity index (χ4v) is 2.39. The van der Waals surface area contributed by atoms with Gasteiger partial charge in [0.25, 0.3) is 0 Å². The second kappa shape index (κ2) is 4.25. The van der Waals surface area contributed by atoms with Crippen LogP contribution in [0.5, 0.6) is 5.75 Å². The fraction of sp³-hybridized carbons (Fsp3) is 0.583. The van der Waals surface area contributed by atoms with Gasteiger partial charge in [0.05, 0.1) is 25.5 Å². The molecule has 1 fully saturated rings. The van der Waals surface area contributed by atoms with E-state index in [1.807, 2.05) is 6.92 Å². The third-order valence-corrected chi connectivity index (χ3v) is 3.38. The molecule has 5 heteroatoms. The highest BCUT2D eigenvalue weighted by Crippen LogP contribution is 2.39. The molecule has 2 aliphatic rings. The molecule has 1 aromatic rings. The molecule has 3 rings (SSSR count). The minimum atomic E-state index is -0.143. The van der Waals surface area contributed by atoms with Gasteiger partial charge in [-0.3, -0.25) is 9.88 Å². The molecule has 2 aliphatic heterocycles. The Kier molecular flexibility index (Phi) is 2.74. The predicted molar refractivity (Wildman–Crippen MR) is 60.6 cm³/mol. The lowest BCUT2D eigenvalue weighted by Gasteiger charge is -2.32. The van der Waals surface area contributed by atoms with E-state index in [1.54, 1.807) is 6.20 Å². The van der Waals surface area contributed by atoms with Gasteiger partial charge in [-0.25, -0.2) is 0 Å². The number of aromatic hydroxyl groups is 1. The van der Waals surface area contributed by atoms with Gasteiger partial charge in [0, 0.05) is 30.4 Å². The molecule has 0 saturated carbocycles. The van der Waals surface area contributed by atoms with Crippen LogP contribution in [0.25, 0.3) is 0 Å². The zero-order valence-corrected chi connectivity index (χ0v) is 9.85. The molecular weight excluding hydrogens is 220 g/mol. The van der Waals surface area contributed by atoms with Crippen LogP contribution in [0.3, 0.4) is 0 Å². The number of morpholine rings is 1. The molecule has 92 valence electrons. The summed E-state index contributed by atoms with van der Waals surface area (Å²) in [7, 11) is 0. The van der Waals surface area contributed by atoms with Gasteiger partial charge in [-0.15, -0.1) is 0 Å².